The summed E-state index contributed by atoms with van der Waals surface area (Å²) >= 11 is 7.57. The fourth-order valence-electron chi connectivity index (χ4n) is 2.93. The molecule has 7 heteroatoms. The topological polar surface area (TPSA) is 49.4 Å². The van der Waals surface area contributed by atoms with Crippen LogP contribution in [0, 0.1) is 5.82 Å². The van der Waals surface area contributed by atoms with Crippen LogP contribution in [0.15, 0.2) is 53.4 Å². The van der Waals surface area contributed by atoms with E-state index in [-0.39, 0.29) is 24.2 Å². The van der Waals surface area contributed by atoms with Crippen molar-refractivity contribution in [2.45, 2.75) is 63.6 Å². The average Bonchev–Trinajstić information content (AvgIpc) is 2.70. The van der Waals surface area contributed by atoms with Crippen LogP contribution in [0.25, 0.3) is 0 Å². The number of thioether (sulfide) groups is 1. The van der Waals surface area contributed by atoms with E-state index in [1.54, 1.807) is 35.7 Å². The molecule has 0 bridgehead atoms. The number of amides is 2. The molecule has 0 aliphatic rings. The Kier molecular flexibility index (Phi) is 9.38. The predicted octanol–water partition coefficient (Wildman–Crippen LogP) is 5.68. The van der Waals surface area contributed by atoms with E-state index < -0.39 is 11.6 Å². The van der Waals surface area contributed by atoms with Gasteiger partial charge in [0.25, 0.3) is 0 Å². The Morgan fingerprint density at radius 1 is 1.10 bits per heavy atom. The van der Waals surface area contributed by atoms with E-state index >= 15 is 0 Å². The first-order valence-corrected chi connectivity index (χ1v) is 11.7. The number of hydrogen-bond acceptors (Lipinski definition) is 3. The lowest BCUT2D eigenvalue weighted by Crippen LogP contribution is -2.52. The van der Waals surface area contributed by atoms with E-state index in [1.165, 1.54) is 12.1 Å². The van der Waals surface area contributed by atoms with Gasteiger partial charge >= 0.3 is 0 Å². The van der Waals surface area contributed by atoms with Gasteiger partial charge in [0.1, 0.15) is 11.9 Å². The fourth-order valence-corrected chi connectivity index (χ4v) is 3.91. The number of halogens is 2. The van der Waals surface area contributed by atoms with Crippen molar-refractivity contribution in [2.24, 2.45) is 0 Å². The van der Waals surface area contributed by atoms with Gasteiger partial charge in [0.2, 0.25) is 11.8 Å². The minimum Gasteiger partial charge on any atom is -0.350 e. The van der Waals surface area contributed by atoms with Crippen LogP contribution in [0.5, 0.6) is 0 Å². The highest BCUT2D eigenvalue weighted by atomic mass is 35.5. The lowest BCUT2D eigenvalue weighted by Gasteiger charge is -2.31. The van der Waals surface area contributed by atoms with Crippen molar-refractivity contribution in [3.63, 3.8) is 0 Å². The van der Waals surface area contributed by atoms with Crippen molar-refractivity contribution in [3.05, 3.63) is 64.9 Å². The van der Waals surface area contributed by atoms with Crippen LogP contribution in [0.3, 0.4) is 0 Å². The van der Waals surface area contributed by atoms with Crippen LogP contribution in [-0.4, -0.2) is 34.0 Å². The molecule has 2 aromatic carbocycles. The van der Waals surface area contributed by atoms with Gasteiger partial charge in [-0.05, 0) is 81.8 Å². The summed E-state index contributed by atoms with van der Waals surface area (Å²) in [7, 11) is 0. The van der Waals surface area contributed by atoms with Crippen LogP contribution in [-0.2, 0) is 16.1 Å². The Bertz CT molecular complexity index is 867. The van der Waals surface area contributed by atoms with Crippen LogP contribution >= 0.6 is 23.4 Å². The van der Waals surface area contributed by atoms with E-state index in [0.717, 1.165) is 16.2 Å². The quantitative estimate of drug-likeness (QED) is 0.383. The summed E-state index contributed by atoms with van der Waals surface area (Å²) in [4.78, 5) is 28.4. The number of rotatable bonds is 9. The SMILES string of the molecule is C[C@H](C(=O)NC(C)(C)C)N(Cc1ccc(F)cc1)C(=O)CCCSc1ccc(Cl)cc1. The van der Waals surface area contributed by atoms with Gasteiger partial charge in [-0.25, -0.2) is 4.39 Å². The maximum Gasteiger partial charge on any atom is 0.242 e. The molecule has 0 radical (unpaired) electrons. The van der Waals surface area contributed by atoms with Crippen LogP contribution in [0.4, 0.5) is 4.39 Å². The molecule has 0 saturated carbocycles. The molecule has 0 aliphatic carbocycles. The number of carbonyl (C=O) groups excluding carboxylic acids is 2. The van der Waals surface area contributed by atoms with E-state index in [4.69, 9.17) is 11.6 Å². The predicted molar refractivity (Wildman–Crippen MR) is 126 cm³/mol. The second kappa shape index (κ2) is 11.5. The number of nitrogens with zero attached hydrogens (tertiary/aromatic N) is 1. The fraction of sp³-hybridized carbons (Fsp3) is 0.417. The summed E-state index contributed by atoms with van der Waals surface area (Å²) in [6.45, 7) is 7.68. The summed E-state index contributed by atoms with van der Waals surface area (Å²) in [5, 5.41) is 3.63. The van der Waals surface area contributed by atoms with Crippen LogP contribution in [0.1, 0.15) is 46.1 Å². The van der Waals surface area contributed by atoms with Crippen LogP contribution < -0.4 is 5.32 Å². The summed E-state index contributed by atoms with van der Waals surface area (Å²) in [6, 6.07) is 13.0. The molecule has 0 unspecified atom stereocenters. The van der Waals surface area contributed by atoms with Gasteiger partial charge in [0, 0.05) is 28.4 Å². The first-order valence-electron chi connectivity index (χ1n) is 10.3. The monoisotopic (exact) mass is 464 g/mol. The normalized spacial score (nSPS) is 12.3. The number of hydrogen-bond donors (Lipinski definition) is 1. The zero-order valence-corrected chi connectivity index (χ0v) is 20.0. The van der Waals surface area contributed by atoms with E-state index in [9.17, 15) is 14.0 Å². The van der Waals surface area contributed by atoms with Crippen molar-refractivity contribution in [1.82, 2.24) is 10.2 Å². The Morgan fingerprint density at radius 2 is 1.71 bits per heavy atom. The van der Waals surface area contributed by atoms with E-state index in [1.807, 2.05) is 45.0 Å². The molecule has 0 aromatic heterocycles. The van der Waals surface area contributed by atoms with E-state index in [0.29, 0.717) is 17.9 Å². The first-order chi connectivity index (χ1) is 14.5. The summed E-state index contributed by atoms with van der Waals surface area (Å²) < 4.78 is 13.3. The van der Waals surface area contributed by atoms with Gasteiger partial charge < -0.3 is 10.2 Å². The zero-order valence-electron chi connectivity index (χ0n) is 18.5. The lowest BCUT2D eigenvalue weighted by atomic mass is 10.1. The molecule has 0 aliphatic heterocycles. The Hall–Kier alpha value is -2.05. The number of nitrogens with one attached hydrogen (secondary N) is 1. The Labute approximate surface area is 193 Å². The summed E-state index contributed by atoms with van der Waals surface area (Å²) in [6.07, 6.45) is 1.01. The molecule has 1 atom stereocenters. The maximum absolute atomic E-state index is 13.3. The van der Waals surface area contributed by atoms with E-state index in [2.05, 4.69) is 5.32 Å². The molecule has 0 spiro atoms. The minimum atomic E-state index is -0.638. The zero-order chi connectivity index (χ0) is 23.0. The highest BCUT2D eigenvalue weighted by Crippen LogP contribution is 2.22. The van der Waals surface area contributed by atoms with Crippen LogP contribution in [0.2, 0.25) is 5.02 Å². The smallest absolute Gasteiger partial charge is 0.242 e. The summed E-state index contributed by atoms with van der Waals surface area (Å²) in [5.74, 6) is 0.135. The summed E-state index contributed by atoms with van der Waals surface area (Å²) in [5.41, 5.74) is 0.381. The second-order valence-electron chi connectivity index (χ2n) is 8.47. The molecule has 2 amide bonds. The average molecular weight is 465 g/mol. The second-order valence-corrected chi connectivity index (χ2v) is 10.1. The van der Waals surface area contributed by atoms with Crippen molar-refractivity contribution in [1.29, 1.82) is 0 Å². The molecular formula is C24H30ClFN2O2S. The number of benzene rings is 2. The highest BCUT2D eigenvalue weighted by Gasteiger charge is 2.28. The lowest BCUT2D eigenvalue weighted by molar-refractivity contribution is -0.141. The van der Waals surface area contributed by atoms with Crippen molar-refractivity contribution in [2.75, 3.05) is 5.75 Å². The molecule has 168 valence electrons. The Balaban J connectivity index is 2.01. The van der Waals surface area contributed by atoms with Gasteiger partial charge in [-0.1, -0.05) is 23.7 Å². The van der Waals surface area contributed by atoms with Crippen molar-refractivity contribution >= 4 is 35.2 Å². The van der Waals surface area contributed by atoms with Gasteiger partial charge in [-0.15, -0.1) is 11.8 Å². The maximum atomic E-state index is 13.3. The standard InChI is InChI=1S/C24H30ClFN2O2S/c1-17(23(30)27-24(2,3)4)28(16-18-7-11-20(26)12-8-18)22(29)6-5-15-31-21-13-9-19(25)10-14-21/h7-14,17H,5-6,15-16H2,1-4H3,(H,27,30)/t17-/m1/s1. The van der Waals surface area contributed by atoms with Gasteiger partial charge in [0.15, 0.2) is 0 Å². The molecule has 0 heterocycles. The van der Waals surface area contributed by atoms with Crippen molar-refractivity contribution < 1.29 is 14.0 Å². The largest absolute Gasteiger partial charge is 0.350 e. The first kappa shape index (κ1) is 25.2. The molecule has 4 nitrogen and oxygen atoms in total. The number of carbonyl (C=O) groups is 2. The molecule has 2 aromatic rings. The molecule has 0 fully saturated rings. The highest BCUT2D eigenvalue weighted by molar-refractivity contribution is 7.99. The van der Waals surface area contributed by atoms with Gasteiger partial charge in [-0.2, -0.15) is 0 Å². The molecule has 1 N–H and O–H groups in total. The molecule has 31 heavy (non-hydrogen) atoms. The van der Waals surface area contributed by atoms with Gasteiger partial charge in [-0.3, -0.25) is 9.59 Å². The molecule has 2 rings (SSSR count). The Morgan fingerprint density at radius 3 is 2.29 bits per heavy atom. The molecule has 0 saturated heterocycles. The third kappa shape index (κ3) is 8.91. The molecular weight excluding hydrogens is 435 g/mol. The third-order valence-corrected chi connectivity index (χ3v) is 5.90. The van der Waals surface area contributed by atoms with Crippen molar-refractivity contribution in [3.8, 4) is 0 Å². The van der Waals surface area contributed by atoms with Gasteiger partial charge in [0.05, 0.1) is 0 Å². The minimum absolute atomic E-state index is 0.0995. The third-order valence-electron chi connectivity index (χ3n) is 4.55.